The van der Waals surface area contributed by atoms with Crippen LogP contribution in [0.25, 0.3) is 0 Å². The molecule has 5 nitrogen and oxygen atoms in total. The molecule has 2 N–H and O–H groups in total. The number of nitrogens with two attached hydrogens (primary N) is 1. The first-order valence-electron chi connectivity index (χ1n) is 7.16. The van der Waals surface area contributed by atoms with Crippen LogP contribution in [0.5, 0.6) is 0 Å². The zero-order valence-corrected chi connectivity index (χ0v) is 12.2. The molecule has 1 rings (SSSR count). The Kier molecular flexibility index (Phi) is 7.41. The van der Waals surface area contributed by atoms with Gasteiger partial charge in [0.15, 0.2) is 0 Å². The smallest absolute Gasteiger partial charge is 0.382 e. The van der Waals surface area contributed by atoms with Crippen molar-refractivity contribution in [1.29, 1.82) is 0 Å². The quantitative estimate of drug-likeness (QED) is 0.686. The Labute approximate surface area is 122 Å². The van der Waals surface area contributed by atoms with Gasteiger partial charge in [-0.25, -0.2) is 0 Å². The highest BCUT2D eigenvalue weighted by Gasteiger charge is 2.38. The maximum Gasteiger partial charge on any atom is 0.406 e. The van der Waals surface area contributed by atoms with Crippen molar-refractivity contribution in [2.75, 3.05) is 32.8 Å². The highest BCUT2D eigenvalue weighted by molar-refractivity contribution is 5.81. The molecule has 0 aromatic carbocycles. The molecule has 0 spiro atoms. The standard InChI is InChI=1S/C13H23F3N2O3/c1-2-20-7-3-6-18(9-13(14,15)16)12(19)11-5-4-10(8-17)21-11/h10-11H,2-9,17H2,1H3. The molecule has 0 aliphatic carbocycles. The monoisotopic (exact) mass is 312 g/mol. The van der Waals surface area contributed by atoms with E-state index >= 15 is 0 Å². The topological polar surface area (TPSA) is 64.8 Å². The summed E-state index contributed by atoms with van der Waals surface area (Å²) in [6.07, 6.45) is -4.09. The van der Waals surface area contributed by atoms with Gasteiger partial charge in [-0.3, -0.25) is 4.79 Å². The van der Waals surface area contributed by atoms with E-state index in [-0.39, 0.29) is 19.2 Å². The second-order valence-electron chi connectivity index (χ2n) is 4.99. The number of hydrogen-bond donors (Lipinski definition) is 1. The average Bonchev–Trinajstić information content (AvgIpc) is 2.89. The minimum Gasteiger partial charge on any atom is -0.382 e. The van der Waals surface area contributed by atoms with Crippen LogP contribution in [0.1, 0.15) is 26.2 Å². The maximum absolute atomic E-state index is 12.6. The van der Waals surface area contributed by atoms with Gasteiger partial charge < -0.3 is 20.1 Å². The fourth-order valence-corrected chi connectivity index (χ4v) is 2.25. The third-order valence-corrected chi connectivity index (χ3v) is 3.25. The van der Waals surface area contributed by atoms with Gasteiger partial charge in [0.25, 0.3) is 5.91 Å². The van der Waals surface area contributed by atoms with Gasteiger partial charge in [0.05, 0.1) is 6.10 Å². The van der Waals surface area contributed by atoms with Gasteiger partial charge in [0, 0.05) is 26.3 Å². The first kappa shape index (κ1) is 18.2. The first-order valence-corrected chi connectivity index (χ1v) is 7.16. The van der Waals surface area contributed by atoms with Gasteiger partial charge >= 0.3 is 6.18 Å². The van der Waals surface area contributed by atoms with Crippen molar-refractivity contribution >= 4 is 5.91 Å². The number of hydrogen-bond acceptors (Lipinski definition) is 4. The summed E-state index contributed by atoms with van der Waals surface area (Å²) >= 11 is 0. The number of ether oxygens (including phenoxy) is 2. The second kappa shape index (κ2) is 8.55. The Bertz CT molecular complexity index is 326. The molecule has 0 bridgehead atoms. The molecule has 21 heavy (non-hydrogen) atoms. The number of rotatable bonds is 8. The van der Waals surface area contributed by atoms with Crippen LogP contribution in [-0.4, -0.2) is 62.0 Å². The van der Waals surface area contributed by atoms with Crippen molar-refractivity contribution in [3.63, 3.8) is 0 Å². The number of carbonyl (C=O) groups excluding carboxylic acids is 1. The van der Waals surface area contributed by atoms with Crippen molar-refractivity contribution in [1.82, 2.24) is 4.90 Å². The number of amides is 1. The molecule has 1 aliphatic heterocycles. The number of alkyl halides is 3. The molecule has 1 aliphatic rings. The Morgan fingerprint density at radius 1 is 1.43 bits per heavy atom. The van der Waals surface area contributed by atoms with E-state index in [1.165, 1.54) is 0 Å². The van der Waals surface area contributed by atoms with E-state index < -0.39 is 24.7 Å². The SMILES string of the molecule is CCOCCCN(CC(F)(F)F)C(=O)C1CCC(CN)O1. The highest BCUT2D eigenvalue weighted by Crippen LogP contribution is 2.23. The second-order valence-corrected chi connectivity index (χ2v) is 4.99. The molecule has 0 aromatic heterocycles. The minimum atomic E-state index is -4.42. The summed E-state index contributed by atoms with van der Waals surface area (Å²) in [7, 11) is 0. The van der Waals surface area contributed by atoms with E-state index in [0.29, 0.717) is 32.5 Å². The van der Waals surface area contributed by atoms with Crippen LogP contribution in [0, 0.1) is 0 Å². The van der Waals surface area contributed by atoms with Gasteiger partial charge in [-0.2, -0.15) is 13.2 Å². The van der Waals surface area contributed by atoms with Crippen LogP contribution in [-0.2, 0) is 14.3 Å². The van der Waals surface area contributed by atoms with Crippen molar-refractivity contribution < 1.29 is 27.4 Å². The van der Waals surface area contributed by atoms with Crippen LogP contribution in [0.3, 0.4) is 0 Å². The third-order valence-electron chi connectivity index (χ3n) is 3.25. The molecule has 2 atom stereocenters. The molecule has 0 radical (unpaired) electrons. The van der Waals surface area contributed by atoms with E-state index in [9.17, 15) is 18.0 Å². The van der Waals surface area contributed by atoms with E-state index in [0.717, 1.165) is 4.90 Å². The fraction of sp³-hybridized carbons (Fsp3) is 0.923. The van der Waals surface area contributed by atoms with Crippen LogP contribution < -0.4 is 5.73 Å². The molecule has 0 aromatic rings. The molecule has 2 unspecified atom stereocenters. The fourth-order valence-electron chi connectivity index (χ4n) is 2.25. The lowest BCUT2D eigenvalue weighted by atomic mass is 10.1. The van der Waals surface area contributed by atoms with Crippen molar-refractivity contribution in [3.05, 3.63) is 0 Å². The van der Waals surface area contributed by atoms with Crippen LogP contribution in [0.2, 0.25) is 0 Å². The minimum absolute atomic E-state index is 0.00545. The van der Waals surface area contributed by atoms with Gasteiger partial charge in [0.2, 0.25) is 0 Å². The third kappa shape index (κ3) is 6.62. The van der Waals surface area contributed by atoms with Crippen molar-refractivity contribution in [2.24, 2.45) is 5.73 Å². The Morgan fingerprint density at radius 2 is 2.14 bits per heavy atom. The molecular formula is C13H23F3N2O3. The normalized spacial score (nSPS) is 22.5. The molecule has 0 saturated carbocycles. The van der Waals surface area contributed by atoms with Gasteiger partial charge in [0.1, 0.15) is 12.6 Å². The zero-order chi connectivity index (χ0) is 15.9. The average molecular weight is 312 g/mol. The van der Waals surface area contributed by atoms with E-state index in [4.69, 9.17) is 15.2 Å². The molecule has 1 heterocycles. The summed E-state index contributed by atoms with van der Waals surface area (Å²) < 4.78 is 48.2. The molecular weight excluding hydrogens is 289 g/mol. The number of carbonyl (C=O) groups is 1. The zero-order valence-electron chi connectivity index (χ0n) is 12.2. The summed E-state index contributed by atoms with van der Waals surface area (Å²) in [6, 6.07) is 0. The Morgan fingerprint density at radius 3 is 2.67 bits per heavy atom. The Hall–Kier alpha value is -0.860. The first-order chi connectivity index (χ1) is 9.87. The predicted molar refractivity (Wildman–Crippen MR) is 70.7 cm³/mol. The van der Waals surface area contributed by atoms with Crippen LogP contribution in [0.15, 0.2) is 0 Å². The molecule has 1 fully saturated rings. The Balaban J connectivity index is 2.55. The summed E-state index contributed by atoms with van der Waals surface area (Å²) in [5, 5.41) is 0. The molecule has 1 saturated heterocycles. The van der Waals surface area contributed by atoms with Crippen molar-refractivity contribution in [3.8, 4) is 0 Å². The van der Waals surface area contributed by atoms with Gasteiger partial charge in [-0.15, -0.1) is 0 Å². The van der Waals surface area contributed by atoms with E-state index in [1.807, 2.05) is 0 Å². The maximum atomic E-state index is 12.6. The van der Waals surface area contributed by atoms with Gasteiger partial charge in [-0.1, -0.05) is 0 Å². The van der Waals surface area contributed by atoms with Crippen molar-refractivity contribution in [2.45, 2.75) is 44.6 Å². The summed E-state index contributed by atoms with van der Waals surface area (Å²) in [4.78, 5) is 13.0. The number of nitrogens with zero attached hydrogens (tertiary/aromatic N) is 1. The predicted octanol–water partition coefficient (Wildman–Crippen LogP) is 1.31. The highest BCUT2D eigenvalue weighted by atomic mass is 19.4. The van der Waals surface area contributed by atoms with Crippen LogP contribution >= 0.6 is 0 Å². The van der Waals surface area contributed by atoms with Gasteiger partial charge in [-0.05, 0) is 26.2 Å². The summed E-state index contributed by atoms with van der Waals surface area (Å²) in [6.45, 7) is 1.65. The summed E-state index contributed by atoms with van der Waals surface area (Å²) in [5.41, 5.74) is 5.44. The van der Waals surface area contributed by atoms with E-state index in [1.54, 1.807) is 6.92 Å². The summed E-state index contributed by atoms with van der Waals surface area (Å²) in [5.74, 6) is -0.611. The molecule has 1 amide bonds. The largest absolute Gasteiger partial charge is 0.406 e. The molecule has 124 valence electrons. The lowest BCUT2D eigenvalue weighted by molar-refractivity contribution is -0.168. The number of halogens is 3. The van der Waals surface area contributed by atoms with Crippen LogP contribution in [0.4, 0.5) is 13.2 Å². The lowest BCUT2D eigenvalue weighted by Gasteiger charge is -2.26. The molecule has 8 heteroatoms. The lowest BCUT2D eigenvalue weighted by Crippen LogP contribution is -2.45. The van der Waals surface area contributed by atoms with E-state index in [2.05, 4.69) is 0 Å².